The molecular weight excluding hydrogens is 350 g/mol. The molecule has 0 aliphatic rings. The van der Waals surface area contributed by atoms with Crippen LogP contribution in [0.1, 0.15) is 30.0 Å². The predicted octanol–water partition coefficient (Wildman–Crippen LogP) is 4.24. The molecule has 0 bridgehead atoms. The summed E-state index contributed by atoms with van der Waals surface area (Å²) in [7, 11) is 0. The van der Waals surface area contributed by atoms with Crippen molar-refractivity contribution in [2.45, 2.75) is 40.0 Å². The molecule has 0 atom stereocenters. The first-order valence-corrected chi connectivity index (χ1v) is 9.00. The molecule has 0 saturated carbocycles. The van der Waals surface area contributed by atoms with Crippen molar-refractivity contribution in [3.05, 3.63) is 64.2 Å². The Morgan fingerprint density at radius 3 is 2.73 bits per heavy atom. The van der Waals surface area contributed by atoms with Crippen molar-refractivity contribution in [3.8, 4) is 5.75 Å². The van der Waals surface area contributed by atoms with Gasteiger partial charge in [-0.2, -0.15) is 0 Å². The van der Waals surface area contributed by atoms with Gasteiger partial charge in [-0.05, 0) is 47.5 Å². The van der Waals surface area contributed by atoms with Crippen molar-refractivity contribution in [2.24, 2.45) is 0 Å². The minimum Gasteiger partial charge on any atom is -0.489 e. The van der Waals surface area contributed by atoms with E-state index < -0.39 is 0 Å². The van der Waals surface area contributed by atoms with Crippen LogP contribution in [-0.4, -0.2) is 20.2 Å². The first-order valence-electron chi connectivity index (χ1n) is 8.62. The Morgan fingerprint density at radius 1 is 1.15 bits per heavy atom. The molecule has 0 radical (unpaired) electrons. The Morgan fingerprint density at radius 2 is 1.96 bits per heavy atom. The van der Waals surface area contributed by atoms with Crippen LogP contribution in [0, 0.1) is 6.92 Å². The van der Waals surface area contributed by atoms with Gasteiger partial charge in [-0.1, -0.05) is 53.5 Å². The lowest BCUT2D eigenvalue weighted by molar-refractivity contribution is 0.303. The molecule has 6 nitrogen and oxygen atoms in total. The Bertz CT molecular complexity index is 847. The van der Waals surface area contributed by atoms with Gasteiger partial charge < -0.3 is 10.1 Å². The van der Waals surface area contributed by atoms with Gasteiger partial charge >= 0.3 is 0 Å². The van der Waals surface area contributed by atoms with E-state index in [0.717, 1.165) is 29.8 Å². The fourth-order valence-corrected chi connectivity index (χ4v) is 2.74. The SMILES string of the molecule is CCCn1nnnc1NCc1cc(Cl)ccc1OCc1ccc(C)cc1. The number of tetrazole rings is 1. The van der Waals surface area contributed by atoms with Crippen LogP contribution in [0.4, 0.5) is 5.95 Å². The van der Waals surface area contributed by atoms with E-state index in [1.165, 1.54) is 5.56 Å². The van der Waals surface area contributed by atoms with Crippen LogP contribution in [0.2, 0.25) is 5.02 Å². The first kappa shape index (κ1) is 18.2. The molecule has 3 rings (SSSR count). The molecule has 0 aliphatic carbocycles. The van der Waals surface area contributed by atoms with E-state index in [1.54, 1.807) is 4.68 Å². The van der Waals surface area contributed by atoms with Gasteiger partial charge in [0.25, 0.3) is 0 Å². The van der Waals surface area contributed by atoms with Gasteiger partial charge in [-0.25, -0.2) is 4.68 Å². The van der Waals surface area contributed by atoms with Crippen molar-refractivity contribution < 1.29 is 4.74 Å². The Balaban J connectivity index is 1.69. The molecule has 0 fully saturated rings. The quantitative estimate of drug-likeness (QED) is 0.641. The summed E-state index contributed by atoms with van der Waals surface area (Å²) in [5.74, 6) is 1.42. The zero-order chi connectivity index (χ0) is 18.4. The van der Waals surface area contributed by atoms with Crippen LogP contribution < -0.4 is 10.1 Å². The summed E-state index contributed by atoms with van der Waals surface area (Å²) < 4.78 is 7.76. The number of rotatable bonds is 8. The van der Waals surface area contributed by atoms with Gasteiger partial charge in [0.2, 0.25) is 5.95 Å². The fourth-order valence-electron chi connectivity index (χ4n) is 2.54. The largest absolute Gasteiger partial charge is 0.489 e. The minimum absolute atomic E-state index is 0.502. The van der Waals surface area contributed by atoms with E-state index in [1.807, 2.05) is 18.2 Å². The van der Waals surface area contributed by atoms with E-state index in [-0.39, 0.29) is 0 Å². The van der Waals surface area contributed by atoms with Gasteiger partial charge in [-0.15, -0.1) is 0 Å². The first-order chi connectivity index (χ1) is 12.7. The monoisotopic (exact) mass is 371 g/mol. The number of aromatic nitrogens is 4. The van der Waals surface area contributed by atoms with Gasteiger partial charge in [0.1, 0.15) is 12.4 Å². The number of halogens is 1. The van der Waals surface area contributed by atoms with Gasteiger partial charge in [0.05, 0.1) is 0 Å². The molecule has 1 aromatic heterocycles. The number of benzene rings is 2. The number of anilines is 1. The lowest BCUT2D eigenvalue weighted by Crippen LogP contribution is -2.10. The highest BCUT2D eigenvalue weighted by Gasteiger charge is 2.09. The molecule has 3 aromatic rings. The number of hydrogen-bond donors (Lipinski definition) is 1. The lowest BCUT2D eigenvalue weighted by Gasteiger charge is -2.13. The van der Waals surface area contributed by atoms with Crippen LogP contribution in [0.3, 0.4) is 0 Å². The third-order valence-electron chi connectivity index (χ3n) is 3.94. The Hall–Kier alpha value is -2.60. The summed E-state index contributed by atoms with van der Waals surface area (Å²) in [6, 6.07) is 13.9. The summed E-state index contributed by atoms with van der Waals surface area (Å²) in [5.41, 5.74) is 3.31. The van der Waals surface area contributed by atoms with Crippen molar-refractivity contribution in [1.82, 2.24) is 20.2 Å². The summed E-state index contributed by atoms with van der Waals surface area (Å²) >= 11 is 6.16. The molecule has 0 spiro atoms. The third-order valence-corrected chi connectivity index (χ3v) is 4.18. The van der Waals surface area contributed by atoms with Crippen LogP contribution in [0.15, 0.2) is 42.5 Å². The maximum Gasteiger partial charge on any atom is 0.243 e. The molecule has 1 N–H and O–H groups in total. The highest BCUT2D eigenvalue weighted by Crippen LogP contribution is 2.25. The minimum atomic E-state index is 0.502. The summed E-state index contributed by atoms with van der Waals surface area (Å²) in [6.45, 7) is 5.94. The second kappa shape index (κ2) is 8.67. The predicted molar refractivity (Wildman–Crippen MR) is 102 cm³/mol. The van der Waals surface area contributed by atoms with Crippen LogP contribution >= 0.6 is 11.6 Å². The number of nitrogens with zero attached hydrogens (tertiary/aromatic N) is 4. The van der Waals surface area contributed by atoms with Gasteiger partial charge in [0.15, 0.2) is 0 Å². The average Bonchev–Trinajstić information content (AvgIpc) is 3.08. The Kier molecular flexibility index (Phi) is 6.07. The normalized spacial score (nSPS) is 10.7. The smallest absolute Gasteiger partial charge is 0.243 e. The number of ether oxygens (including phenoxy) is 1. The number of nitrogens with one attached hydrogen (secondary N) is 1. The average molecular weight is 372 g/mol. The van der Waals surface area contributed by atoms with Gasteiger partial charge in [-0.3, -0.25) is 0 Å². The van der Waals surface area contributed by atoms with E-state index in [4.69, 9.17) is 16.3 Å². The Labute approximate surface area is 158 Å². The van der Waals surface area contributed by atoms with Crippen LogP contribution in [0.25, 0.3) is 0 Å². The highest BCUT2D eigenvalue weighted by molar-refractivity contribution is 6.30. The maximum absolute atomic E-state index is 6.16. The van der Waals surface area contributed by atoms with Crippen molar-refractivity contribution in [2.75, 3.05) is 5.32 Å². The van der Waals surface area contributed by atoms with Crippen molar-refractivity contribution >= 4 is 17.5 Å². The van der Waals surface area contributed by atoms with Crippen molar-refractivity contribution in [3.63, 3.8) is 0 Å². The molecule has 0 saturated heterocycles. The number of aryl methyl sites for hydroxylation is 2. The summed E-state index contributed by atoms with van der Waals surface area (Å²) in [4.78, 5) is 0. The molecule has 136 valence electrons. The molecule has 0 amide bonds. The molecule has 7 heteroatoms. The van der Waals surface area contributed by atoms with E-state index in [0.29, 0.717) is 24.1 Å². The summed E-state index contributed by atoms with van der Waals surface area (Å²) in [5, 5.41) is 15.6. The highest BCUT2D eigenvalue weighted by atomic mass is 35.5. The zero-order valence-corrected chi connectivity index (χ0v) is 15.7. The fraction of sp³-hybridized carbons (Fsp3) is 0.316. The van der Waals surface area contributed by atoms with E-state index >= 15 is 0 Å². The zero-order valence-electron chi connectivity index (χ0n) is 14.9. The van der Waals surface area contributed by atoms with Crippen LogP contribution in [0.5, 0.6) is 5.75 Å². The molecule has 1 heterocycles. The second-order valence-corrected chi connectivity index (χ2v) is 6.54. The van der Waals surface area contributed by atoms with E-state index in [2.05, 4.69) is 59.0 Å². The standard InChI is InChI=1S/C19H22ClN5O/c1-3-10-25-19(22-23-24-25)21-12-16-11-17(20)8-9-18(16)26-13-15-6-4-14(2)5-7-15/h4-9,11H,3,10,12-13H2,1-2H3,(H,21,22,24). The third kappa shape index (κ3) is 4.73. The molecular formula is C19H22ClN5O. The second-order valence-electron chi connectivity index (χ2n) is 6.11. The molecule has 26 heavy (non-hydrogen) atoms. The van der Waals surface area contributed by atoms with Gasteiger partial charge in [0, 0.05) is 23.7 Å². The van der Waals surface area contributed by atoms with Crippen molar-refractivity contribution in [1.29, 1.82) is 0 Å². The van der Waals surface area contributed by atoms with Crippen LogP contribution in [-0.2, 0) is 19.7 Å². The molecule has 0 aliphatic heterocycles. The maximum atomic E-state index is 6.16. The molecule has 2 aromatic carbocycles. The summed E-state index contributed by atoms with van der Waals surface area (Å²) in [6.07, 6.45) is 0.960. The molecule has 0 unspecified atom stereocenters. The van der Waals surface area contributed by atoms with E-state index in [9.17, 15) is 0 Å². The lowest BCUT2D eigenvalue weighted by atomic mass is 10.1. The topological polar surface area (TPSA) is 64.9 Å². The number of hydrogen-bond acceptors (Lipinski definition) is 5.